The van der Waals surface area contributed by atoms with Gasteiger partial charge in [0.1, 0.15) is 0 Å². The zero-order chi connectivity index (χ0) is 14.5. The maximum atomic E-state index is 12.5. The topological polar surface area (TPSA) is 29.1 Å². The molecule has 1 N–H and O–H groups in total. The van der Waals surface area contributed by atoms with E-state index in [9.17, 15) is 18.0 Å². The Balaban J connectivity index is 2.95. The molecule has 0 spiro atoms. The number of carbonyl (C=O) groups is 1. The van der Waals surface area contributed by atoms with Crippen LogP contribution in [-0.2, 0) is 11.2 Å². The van der Waals surface area contributed by atoms with Crippen LogP contribution in [0.5, 0.6) is 0 Å². The van der Waals surface area contributed by atoms with Gasteiger partial charge in [-0.2, -0.15) is 13.2 Å². The van der Waals surface area contributed by atoms with E-state index < -0.39 is 24.5 Å². The monoisotopic (exact) mass is 273 g/mol. The standard InChI is InChI=1S/C14H18F3NO/c1-3-5-11-6-4-7-12(8-11)13(18-10(2)19)9-14(15,16)17/h4,6-8,13H,3,5,9H2,1-2H3,(H,18,19). The number of amides is 1. The quantitative estimate of drug-likeness (QED) is 0.869. The van der Waals surface area contributed by atoms with Crippen LogP contribution in [0.3, 0.4) is 0 Å². The zero-order valence-corrected chi connectivity index (χ0v) is 11.1. The average Bonchev–Trinajstić information content (AvgIpc) is 2.26. The largest absolute Gasteiger partial charge is 0.391 e. The summed E-state index contributed by atoms with van der Waals surface area (Å²) in [6.07, 6.45) is -3.63. The number of alkyl halides is 3. The van der Waals surface area contributed by atoms with E-state index in [1.807, 2.05) is 13.0 Å². The fourth-order valence-electron chi connectivity index (χ4n) is 1.98. The predicted molar refractivity (Wildman–Crippen MR) is 67.7 cm³/mol. The lowest BCUT2D eigenvalue weighted by molar-refractivity contribution is -0.142. The Kier molecular flexibility index (Phi) is 5.39. The van der Waals surface area contributed by atoms with Gasteiger partial charge in [-0.3, -0.25) is 4.79 Å². The molecule has 2 nitrogen and oxygen atoms in total. The van der Waals surface area contributed by atoms with Crippen LogP contribution >= 0.6 is 0 Å². The average molecular weight is 273 g/mol. The molecule has 1 atom stereocenters. The number of halogens is 3. The van der Waals surface area contributed by atoms with Crippen molar-refractivity contribution in [2.75, 3.05) is 0 Å². The summed E-state index contributed by atoms with van der Waals surface area (Å²) in [4.78, 5) is 11.0. The number of hydrogen-bond donors (Lipinski definition) is 1. The first-order valence-electron chi connectivity index (χ1n) is 6.24. The molecular formula is C14H18F3NO. The third kappa shape index (κ3) is 5.77. The fraction of sp³-hybridized carbons (Fsp3) is 0.500. The Labute approximate surface area is 111 Å². The normalized spacial score (nSPS) is 13.1. The molecule has 5 heteroatoms. The molecular weight excluding hydrogens is 255 g/mol. The Bertz CT molecular complexity index is 429. The summed E-state index contributed by atoms with van der Waals surface area (Å²) >= 11 is 0. The van der Waals surface area contributed by atoms with Crippen molar-refractivity contribution in [1.82, 2.24) is 5.32 Å². The van der Waals surface area contributed by atoms with Gasteiger partial charge in [0.2, 0.25) is 5.91 Å². The highest BCUT2D eigenvalue weighted by Gasteiger charge is 2.33. The van der Waals surface area contributed by atoms with Crippen LogP contribution in [0, 0.1) is 0 Å². The van der Waals surface area contributed by atoms with Crippen LogP contribution in [0.25, 0.3) is 0 Å². The van der Waals surface area contributed by atoms with Crippen molar-refractivity contribution in [2.45, 2.75) is 45.3 Å². The van der Waals surface area contributed by atoms with Gasteiger partial charge < -0.3 is 5.32 Å². The molecule has 106 valence electrons. The Morgan fingerprint density at radius 3 is 2.58 bits per heavy atom. The van der Waals surface area contributed by atoms with E-state index >= 15 is 0 Å². The van der Waals surface area contributed by atoms with Crippen molar-refractivity contribution >= 4 is 5.91 Å². The van der Waals surface area contributed by atoms with Crippen LogP contribution in [0.2, 0.25) is 0 Å². The maximum absolute atomic E-state index is 12.5. The Morgan fingerprint density at radius 2 is 2.05 bits per heavy atom. The SMILES string of the molecule is CCCc1cccc(C(CC(F)(F)F)NC(C)=O)c1. The molecule has 0 fully saturated rings. The molecule has 1 amide bonds. The molecule has 19 heavy (non-hydrogen) atoms. The van der Waals surface area contributed by atoms with Gasteiger partial charge in [-0.1, -0.05) is 37.6 Å². The third-order valence-electron chi connectivity index (χ3n) is 2.71. The highest BCUT2D eigenvalue weighted by molar-refractivity contribution is 5.73. The molecule has 0 aromatic heterocycles. The Morgan fingerprint density at radius 1 is 1.37 bits per heavy atom. The van der Waals surface area contributed by atoms with Crippen molar-refractivity contribution in [3.05, 3.63) is 35.4 Å². The smallest absolute Gasteiger partial charge is 0.349 e. The van der Waals surface area contributed by atoms with E-state index in [-0.39, 0.29) is 0 Å². The molecule has 0 saturated heterocycles. The second kappa shape index (κ2) is 6.59. The molecule has 0 aliphatic carbocycles. The zero-order valence-electron chi connectivity index (χ0n) is 11.1. The summed E-state index contributed by atoms with van der Waals surface area (Å²) in [6, 6.07) is 5.94. The van der Waals surface area contributed by atoms with E-state index in [4.69, 9.17) is 0 Å². The molecule has 0 aliphatic rings. The van der Waals surface area contributed by atoms with Gasteiger partial charge >= 0.3 is 6.18 Å². The molecule has 0 aliphatic heterocycles. The third-order valence-corrected chi connectivity index (χ3v) is 2.71. The highest BCUT2D eigenvalue weighted by Crippen LogP contribution is 2.30. The summed E-state index contributed by atoms with van der Waals surface area (Å²) in [7, 11) is 0. The summed E-state index contributed by atoms with van der Waals surface area (Å²) in [5.41, 5.74) is 1.48. The van der Waals surface area contributed by atoms with Gasteiger partial charge in [0.25, 0.3) is 0 Å². The van der Waals surface area contributed by atoms with Crippen LogP contribution in [-0.4, -0.2) is 12.1 Å². The van der Waals surface area contributed by atoms with Gasteiger partial charge in [0, 0.05) is 6.92 Å². The fourth-order valence-corrected chi connectivity index (χ4v) is 1.98. The Hall–Kier alpha value is -1.52. The molecule has 1 aromatic rings. The van der Waals surface area contributed by atoms with Gasteiger partial charge in [-0.05, 0) is 17.5 Å². The molecule has 0 heterocycles. The number of hydrogen-bond acceptors (Lipinski definition) is 1. The van der Waals surface area contributed by atoms with E-state index in [0.717, 1.165) is 18.4 Å². The van der Waals surface area contributed by atoms with Gasteiger partial charge in [0.05, 0.1) is 12.5 Å². The van der Waals surface area contributed by atoms with Crippen molar-refractivity contribution in [2.24, 2.45) is 0 Å². The second-order valence-corrected chi connectivity index (χ2v) is 4.57. The van der Waals surface area contributed by atoms with E-state index in [0.29, 0.717) is 5.56 Å². The lowest BCUT2D eigenvalue weighted by Gasteiger charge is -2.20. The number of rotatable bonds is 5. The first kappa shape index (κ1) is 15.5. The van der Waals surface area contributed by atoms with E-state index in [1.165, 1.54) is 6.92 Å². The highest BCUT2D eigenvalue weighted by atomic mass is 19.4. The van der Waals surface area contributed by atoms with Crippen molar-refractivity contribution in [1.29, 1.82) is 0 Å². The lowest BCUT2D eigenvalue weighted by Crippen LogP contribution is -2.30. The minimum absolute atomic E-state index is 0.463. The minimum atomic E-state index is -4.31. The first-order chi connectivity index (χ1) is 8.81. The summed E-state index contributed by atoms with van der Waals surface area (Å²) in [6.45, 7) is 3.23. The van der Waals surface area contributed by atoms with Gasteiger partial charge in [-0.25, -0.2) is 0 Å². The van der Waals surface area contributed by atoms with Crippen LogP contribution < -0.4 is 5.32 Å². The molecule has 0 bridgehead atoms. The van der Waals surface area contributed by atoms with E-state index in [2.05, 4.69) is 5.32 Å². The van der Waals surface area contributed by atoms with Gasteiger partial charge in [-0.15, -0.1) is 0 Å². The molecule has 1 rings (SSSR count). The van der Waals surface area contributed by atoms with Crippen LogP contribution in [0.4, 0.5) is 13.2 Å². The molecule has 1 unspecified atom stereocenters. The van der Waals surface area contributed by atoms with Crippen LogP contribution in [0.15, 0.2) is 24.3 Å². The number of benzene rings is 1. The van der Waals surface area contributed by atoms with Crippen LogP contribution in [0.1, 0.15) is 43.9 Å². The van der Waals surface area contributed by atoms with Crippen molar-refractivity contribution < 1.29 is 18.0 Å². The lowest BCUT2D eigenvalue weighted by atomic mass is 9.99. The summed E-state index contributed by atoms with van der Waals surface area (Å²) in [5, 5.41) is 2.36. The second-order valence-electron chi connectivity index (χ2n) is 4.57. The van der Waals surface area contributed by atoms with Gasteiger partial charge in [0.15, 0.2) is 0 Å². The first-order valence-corrected chi connectivity index (χ1v) is 6.24. The number of carbonyl (C=O) groups excluding carboxylic acids is 1. The van der Waals surface area contributed by atoms with Crippen molar-refractivity contribution in [3.63, 3.8) is 0 Å². The van der Waals surface area contributed by atoms with E-state index in [1.54, 1.807) is 18.2 Å². The molecule has 0 saturated carbocycles. The predicted octanol–water partition coefficient (Wildman–Crippen LogP) is 3.77. The van der Waals surface area contributed by atoms with Crippen molar-refractivity contribution in [3.8, 4) is 0 Å². The molecule has 0 radical (unpaired) electrons. The maximum Gasteiger partial charge on any atom is 0.391 e. The number of nitrogens with one attached hydrogen (secondary N) is 1. The summed E-state index contributed by atoms with van der Waals surface area (Å²) < 4.78 is 37.6. The summed E-state index contributed by atoms with van der Waals surface area (Å²) in [5.74, 6) is -0.463. The number of aryl methyl sites for hydroxylation is 1. The molecule has 1 aromatic carbocycles. The minimum Gasteiger partial charge on any atom is -0.349 e.